The predicted octanol–water partition coefficient (Wildman–Crippen LogP) is 2.15. The van der Waals surface area contributed by atoms with Gasteiger partial charge in [-0.05, 0) is 43.9 Å². The first-order chi connectivity index (χ1) is 8.56. The fourth-order valence-electron chi connectivity index (χ4n) is 2.66. The number of nitrogens with one attached hydrogen (secondary N) is 1. The summed E-state index contributed by atoms with van der Waals surface area (Å²) in [6.07, 6.45) is 5.87. The maximum Gasteiger partial charge on any atom is 0.230 e. The highest BCUT2D eigenvalue weighted by Crippen LogP contribution is 2.35. The minimum absolute atomic E-state index is 0.196. The van der Waals surface area contributed by atoms with Gasteiger partial charge in [0.2, 0.25) is 5.91 Å². The van der Waals surface area contributed by atoms with Crippen molar-refractivity contribution >= 4 is 17.7 Å². The van der Waals surface area contributed by atoms with Gasteiger partial charge in [-0.1, -0.05) is 13.8 Å². The zero-order valence-corrected chi connectivity index (χ0v) is 12.3. The average molecular weight is 270 g/mol. The van der Waals surface area contributed by atoms with Crippen LogP contribution in [-0.2, 0) is 4.79 Å². The second-order valence-electron chi connectivity index (χ2n) is 6.17. The third-order valence-electron chi connectivity index (χ3n) is 4.20. The van der Waals surface area contributed by atoms with Crippen molar-refractivity contribution in [1.82, 2.24) is 5.32 Å². The van der Waals surface area contributed by atoms with E-state index in [0.717, 1.165) is 31.1 Å². The van der Waals surface area contributed by atoms with Crippen LogP contribution in [-0.4, -0.2) is 29.0 Å². The molecule has 0 radical (unpaired) electrons. The van der Waals surface area contributed by atoms with Crippen molar-refractivity contribution in [2.75, 3.05) is 5.75 Å². The first-order valence-corrected chi connectivity index (χ1v) is 8.27. The number of carbonyl (C=O) groups excluding carboxylic acids is 1. The van der Waals surface area contributed by atoms with E-state index in [1.165, 1.54) is 12.8 Å². The van der Waals surface area contributed by atoms with Crippen LogP contribution in [0.1, 0.15) is 46.0 Å². The van der Waals surface area contributed by atoms with E-state index in [1.54, 1.807) is 11.8 Å². The maximum absolute atomic E-state index is 11.7. The second-order valence-corrected chi connectivity index (χ2v) is 7.40. The van der Waals surface area contributed by atoms with Crippen LogP contribution < -0.4 is 11.1 Å². The highest BCUT2D eigenvalue weighted by atomic mass is 32.2. The first kappa shape index (κ1) is 14.2. The van der Waals surface area contributed by atoms with Crippen LogP contribution in [0, 0.1) is 11.8 Å². The monoisotopic (exact) mass is 270 g/mol. The van der Waals surface area contributed by atoms with Gasteiger partial charge in [0, 0.05) is 17.3 Å². The lowest BCUT2D eigenvalue weighted by Crippen LogP contribution is -2.40. The molecule has 18 heavy (non-hydrogen) atoms. The van der Waals surface area contributed by atoms with E-state index in [2.05, 4.69) is 19.2 Å². The summed E-state index contributed by atoms with van der Waals surface area (Å²) in [6, 6.07) is 0.750. The predicted molar refractivity (Wildman–Crippen MR) is 77.6 cm³/mol. The number of thioether (sulfide) groups is 1. The molecule has 1 amide bonds. The Labute approximate surface area is 115 Å². The molecule has 0 aromatic heterocycles. The van der Waals surface area contributed by atoms with Crippen molar-refractivity contribution in [3.8, 4) is 0 Å². The van der Waals surface area contributed by atoms with Gasteiger partial charge in [-0.3, -0.25) is 4.79 Å². The summed E-state index contributed by atoms with van der Waals surface area (Å²) >= 11 is 1.77. The molecule has 2 rings (SSSR count). The van der Waals surface area contributed by atoms with Gasteiger partial charge in [-0.25, -0.2) is 0 Å². The summed E-state index contributed by atoms with van der Waals surface area (Å²) in [5, 5.41) is 3.51. The summed E-state index contributed by atoms with van der Waals surface area (Å²) < 4.78 is 0. The van der Waals surface area contributed by atoms with E-state index in [9.17, 15) is 4.79 Å². The molecule has 3 unspecified atom stereocenters. The molecule has 2 aliphatic rings. The third-order valence-corrected chi connectivity index (χ3v) is 5.60. The molecular formula is C14H26N2OS. The second kappa shape index (κ2) is 6.29. The van der Waals surface area contributed by atoms with E-state index >= 15 is 0 Å². The lowest BCUT2D eigenvalue weighted by atomic mass is 9.79. The molecule has 0 saturated heterocycles. The van der Waals surface area contributed by atoms with Crippen molar-refractivity contribution in [2.24, 2.45) is 17.6 Å². The molecule has 0 aromatic rings. The molecule has 3 N–H and O–H groups in total. The summed E-state index contributed by atoms with van der Waals surface area (Å²) in [6.45, 7) is 4.59. The van der Waals surface area contributed by atoms with Crippen LogP contribution in [0.15, 0.2) is 0 Å². The smallest absolute Gasteiger partial charge is 0.230 e. The van der Waals surface area contributed by atoms with Crippen LogP contribution in [0.4, 0.5) is 0 Å². The van der Waals surface area contributed by atoms with Gasteiger partial charge in [0.1, 0.15) is 0 Å². The molecule has 3 atom stereocenters. The standard InChI is InChI=1S/C14H26N2OS/c1-9(2)10-3-6-12(15)13(7-10)18-8-14(17)16-11-4-5-11/h9-13H,3-8,15H2,1-2H3,(H,16,17). The largest absolute Gasteiger partial charge is 0.353 e. The number of hydrogen-bond acceptors (Lipinski definition) is 3. The average Bonchev–Trinajstić information content (AvgIpc) is 3.11. The summed E-state index contributed by atoms with van der Waals surface area (Å²) in [5.74, 6) is 2.30. The van der Waals surface area contributed by atoms with Crippen LogP contribution in [0.25, 0.3) is 0 Å². The molecule has 3 nitrogen and oxygen atoms in total. The summed E-state index contributed by atoms with van der Waals surface area (Å²) in [5.41, 5.74) is 6.19. The maximum atomic E-state index is 11.7. The quantitative estimate of drug-likeness (QED) is 0.805. The number of hydrogen-bond donors (Lipinski definition) is 2. The van der Waals surface area contributed by atoms with Crippen LogP contribution in [0.3, 0.4) is 0 Å². The van der Waals surface area contributed by atoms with E-state index in [-0.39, 0.29) is 11.9 Å². The Morgan fingerprint density at radius 1 is 1.33 bits per heavy atom. The summed E-state index contributed by atoms with van der Waals surface area (Å²) in [7, 11) is 0. The van der Waals surface area contributed by atoms with Crippen molar-refractivity contribution in [1.29, 1.82) is 0 Å². The number of amides is 1. The molecule has 0 spiro atoms. The highest BCUT2D eigenvalue weighted by molar-refractivity contribution is 8.00. The van der Waals surface area contributed by atoms with Crippen molar-refractivity contribution in [3.05, 3.63) is 0 Å². The highest BCUT2D eigenvalue weighted by Gasteiger charge is 2.31. The molecule has 2 aliphatic carbocycles. The number of nitrogens with two attached hydrogens (primary N) is 1. The Kier molecular flexibility index (Phi) is 4.96. The molecule has 4 heteroatoms. The normalized spacial score (nSPS) is 32.6. The molecule has 0 aliphatic heterocycles. The minimum Gasteiger partial charge on any atom is -0.353 e. The van der Waals surface area contributed by atoms with Gasteiger partial charge in [0.05, 0.1) is 5.75 Å². The minimum atomic E-state index is 0.196. The first-order valence-electron chi connectivity index (χ1n) is 7.22. The fraction of sp³-hybridized carbons (Fsp3) is 0.929. The molecule has 0 bridgehead atoms. The zero-order chi connectivity index (χ0) is 13.1. The summed E-state index contributed by atoms with van der Waals surface area (Å²) in [4.78, 5) is 11.7. The Balaban J connectivity index is 1.73. The SMILES string of the molecule is CC(C)C1CCC(N)C(SCC(=O)NC2CC2)C1. The van der Waals surface area contributed by atoms with Gasteiger partial charge in [-0.15, -0.1) is 11.8 Å². The molecule has 2 fully saturated rings. The van der Waals surface area contributed by atoms with Crippen LogP contribution in [0.5, 0.6) is 0 Å². The Hall–Kier alpha value is -0.220. The van der Waals surface area contributed by atoms with Crippen molar-refractivity contribution < 1.29 is 4.79 Å². The van der Waals surface area contributed by atoms with Gasteiger partial charge >= 0.3 is 0 Å². The van der Waals surface area contributed by atoms with Gasteiger partial charge in [-0.2, -0.15) is 0 Å². The van der Waals surface area contributed by atoms with Gasteiger partial charge in [0.25, 0.3) is 0 Å². The van der Waals surface area contributed by atoms with Gasteiger partial charge < -0.3 is 11.1 Å². The number of carbonyl (C=O) groups is 1. The lowest BCUT2D eigenvalue weighted by Gasteiger charge is -2.35. The molecule has 2 saturated carbocycles. The van der Waals surface area contributed by atoms with Crippen molar-refractivity contribution in [3.63, 3.8) is 0 Å². The fourth-order valence-corrected chi connectivity index (χ4v) is 3.88. The van der Waals surface area contributed by atoms with Gasteiger partial charge in [0.15, 0.2) is 0 Å². The third kappa shape index (κ3) is 4.16. The topological polar surface area (TPSA) is 55.1 Å². The van der Waals surface area contributed by atoms with E-state index in [1.807, 2.05) is 0 Å². The molecular weight excluding hydrogens is 244 g/mol. The van der Waals surface area contributed by atoms with E-state index in [4.69, 9.17) is 5.73 Å². The Bertz CT molecular complexity index is 292. The van der Waals surface area contributed by atoms with E-state index < -0.39 is 0 Å². The van der Waals surface area contributed by atoms with Crippen LogP contribution in [0.2, 0.25) is 0 Å². The number of rotatable bonds is 5. The van der Waals surface area contributed by atoms with Crippen molar-refractivity contribution in [2.45, 2.75) is 63.3 Å². The Morgan fingerprint density at radius 3 is 2.67 bits per heavy atom. The lowest BCUT2D eigenvalue weighted by molar-refractivity contribution is -0.118. The van der Waals surface area contributed by atoms with E-state index in [0.29, 0.717) is 17.0 Å². The van der Waals surface area contributed by atoms with Crippen LogP contribution >= 0.6 is 11.8 Å². The molecule has 104 valence electrons. The Morgan fingerprint density at radius 2 is 2.06 bits per heavy atom. The molecule has 0 aromatic carbocycles. The zero-order valence-electron chi connectivity index (χ0n) is 11.5. The molecule has 0 heterocycles.